The summed E-state index contributed by atoms with van der Waals surface area (Å²) in [7, 11) is 0. The van der Waals surface area contributed by atoms with Crippen molar-refractivity contribution in [2.45, 2.75) is 46.2 Å². The number of carbonyl (C=O) groups is 2. The number of hydrogen-bond donors (Lipinski definition) is 1. The molecule has 5 rings (SSSR count). The van der Waals surface area contributed by atoms with E-state index >= 15 is 0 Å². The lowest BCUT2D eigenvalue weighted by atomic mass is 9.96. The Morgan fingerprint density at radius 2 is 1.89 bits per heavy atom. The second-order valence-electron chi connectivity index (χ2n) is 9.21. The zero-order valence-corrected chi connectivity index (χ0v) is 21.1. The molecule has 37 heavy (non-hydrogen) atoms. The summed E-state index contributed by atoms with van der Waals surface area (Å²) in [6, 6.07) is 13.8. The quantitative estimate of drug-likeness (QED) is 0.152. The number of carbonyl (C=O) groups excluding carboxylic acids is 2. The highest BCUT2D eigenvalue weighted by Crippen LogP contribution is 2.41. The molecule has 1 unspecified atom stereocenters. The van der Waals surface area contributed by atoms with Crippen molar-refractivity contribution in [3.05, 3.63) is 94.8 Å². The third-order valence-corrected chi connectivity index (χ3v) is 6.72. The van der Waals surface area contributed by atoms with Crippen molar-refractivity contribution >= 4 is 23.1 Å². The maximum absolute atomic E-state index is 13.4. The number of pyridine rings is 1. The predicted molar refractivity (Wildman–Crippen MR) is 138 cm³/mol. The van der Waals surface area contributed by atoms with Crippen LogP contribution in [0.4, 0.5) is 0 Å². The maximum Gasteiger partial charge on any atom is 0.296 e. The zero-order chi connectivity index (χ0) is 26.1. The lowest BCUT2D eigenvalue weighted by Gasteiger charge is -2.24. The van der Waals surface area contributed by atoms with Gasteiger partial charge in [-0.25, -0.2) is 4.98 Å². The number of benzene rings is 1. The summed E-state index contributed by atoms with van der Waals surface area (Å²) in [5.74, 6) is -0.527. The molecule has 1 amide bonds. The highest BCUT2D eigenvalue weighted by atomic mass is 16.5. The van der Waals surface area contributed by atoms with Crippen LogP contribution in [-0.2, 0) is 16.1 Å². The van der Waals surface area contributed by atoms with E-state index in [0.29, 0.717) is 35.0 Å². The number of ether oxygens (including phenoxy) is 1. The van der Waals surface area contributed by atoms with Crippen LogP contribution < -0.4 is 4.74 Å². The van der Waals surface area contributed by atoms with Crippen LogP contribution in [0.3, 0.4) is 0 Å². The van der Waals surface area contributed by atoms with E-state index in [4.69, 9.17) is 9.15 Å². The van der Waals surface area contributed by atoms with E-state index in [1.807, 2.05) is 60.8 Å². The number of likely N-dealkylation sites (tertiary alicyclic amines) is 1. The fourth-order valence-corrected chi connectivity index (χ4v) is 4.71. The van der Waals surface area contributed by atoms with Crippen LogP contribution in [0.15, 0.2) is 71.0 Å². The van der Waals surface area contributed by atoms with E-state index in [1.165, 1.54) is 11.2 Å². The van der Waals surface area contributed by atoms with E-state index in [1.54, 1.807) is 12.1 Å². The number of amides is 1. The number of fused-ring (bicyclic) bond motifs is 1. The molecular formula is C29H29N3O5. The Kier molecular flexibility index (Phi) is 6.56. The van der Waals surface area contributed by atoms with Gasteiger partial charge in [0.05, 0.1) is 36.7 Å². The van der Waals surface area contributed by atoms with Gasteiger partial charge in [-0.05, 0) is 61.7 Å². The Morgan fingerprint density at radius 1 is 1.11 bits per heavy atom. The number of furan rings is 1. The molecule has 0 spiro atoms. The highest BCUT2D eigenvalue weighted by Gasteiger charge is 2.47. The Morgan fingerprint density at radius 3 is 2.57 bits per heavy atom. The van der Waals surface area contributed by atoms with Crippen LogP contribution in [0, 0.1) is 13.8 Å². The standard InChI is InChI=1S/C29H29N3O5/c1-4-5-15-36-21-12-10-20(11-13-21)25-23(27(34)29(35)32(25)17-22-9-7-16-37-22)26(33)24-19(3)31-14-6-8-18(2)28(31)30-24/h6-14,16,25,33H,4-5,15,17H2,1-3H3/b26-23+. The molecule has 4 aromatic rings. The molecule has 0 aliphatic carbocycles. The van der Waals surface area contributed by atoms with Gasteiger partial charge in [-0.2, -0.15) is 0 Å². The van der Waals surface area contributed by atoms with Gasteiger partial charge in [-0.3, -0.25) is 9.59 Å². The number of aryl methyl sites for hydroxylation is 2. The van der Waals surface area contributed by atoms with Crippen LogP contribution in [0.25, 0.3) is 11.4 Å². The first-order chi connectivity index (χ1) is 17.9. The average molecular weight is 500 g/mol. The van der Waals surface area contributed by atoms with Gasteiger partial charge in [0, 0.05) is 6.20 Å². The third-order valence-electron chi connectivity index (χ3n) is 6.72. The van der Waals surface area contributed by atoms with Crippen molar-refractivity contribution in [1.82, 2.24) is 14.3 Å². The first-order valence-electron chi connectivity index (χ1n) is 12.4. The van der Waals surface area contributed by atoms with E-state index in [0.717, 1.165) is 18.4 Å². The van der Waals surface area contributed by atoms with Crippen molar-refractivity contribution in [2.75, 3.05) is 6.61 Å². The number of unbranched alkanes of at least 4 members (excludes halogenated alkanes) is 1. The number of Topliss-reactive ketones (excluding diaryl/α,β-unsaturated/α-hetero) is 1. The minimum Gasteiger partial charge on any atom is -0.505 e. The fraction of sp³-hybridized carbons (Fsp3) is 0.276. The molecular weight excluding hydrogens is 470 g/mol. The molecule has 8 nitrogen and oxygen atoms in total. The molecule has 1 aliphatic heterocycles. The van der Waals surface area contributed by atoms with Gasteiger partial charge in [0.15, 0.2) is 5.76 Å². The molecule has 0 bridgehead atoms. The number of aromatic nitrogens is 2. The summed E-state index contributed by atoms with van der Waals surface area (Å²) in [6.07, 6.45) is 5.35. The molecule has 190 valence electrons. The fourth-order valence-electron chi connectivity index (χ4n) is 4.71. The van der Waals surface area contributed by atoms with Crippen LogP contribution in [0.2, 0.25) is 0 Å². The molecule has 1 aliphatic rings. The number of hydrogen-bond acceptors (Lipinski definition) is 6. The van der Waals surface area contributed by atoms with E-state index in [9.17, 15) is 14.7 Å². The van der Waals surface area contributed by atoms with Gasteiger partial charge in [-0.1, -0.05) is 31.5 Å². The van der Waals surface area contributed by atoms with E-state index in [2.05, 4.69) is 11.9 Å². The van der Waals surface area contributed by atoms with Gasteiger partial charge < -0.3 is 23.6 Å². The van der Waals surface area contributed by atoms with Crippen molar-refractivity contribution in [1.29, 1.82) is 0 Å². The lowest BCUT2D eigenvalue weighted by molar-refractivity contribution is -0.140. The van der Waals surface area contributed by atoms with Gasteiger partial charge in [0.1, 0.15) is 22.9 Å². The maximum atomic E-state index is 13.4. The Hall–Kier alpha value is -4.33. The predicted octanol–water partition coefficient (Wildman–Crippen LogP) is 5.34. The second-order valence-corrected chi connectivity index (χ2v) is 9.21. The molecule has 8 heteroatoms. The van der Waals surface area contributed by atoms with Gasteiger partial charge >= 0.3 is 0 Å². The van der Waals surface area contributed by atoms with E-state index in [-0.39, 0.29) is 23.6 Å². The summed E-state index contributed by atoms with van der Waals surface area (Å²) in [4.78, 5) is 32.7. The smallest absolute Gasteiger partial charge is 0.296 e. The summed E-state index contributed by atoms with van der Waals surface area (Å²) in [5.41, 5.74) is 3.23. The number of nitrogens with zero attached hydrogens (tertiary/aromatic N) is 3. The Balaban J connectivity index is 1.62. The number of imidazole rings is 1. The highest BCUT2D eigenvalue weighted by molar-refractivity contribution is 6.46. The van der Waals surface area contributed by atoms with Crippen LogP contribution >= 0.6 is 0 Å². The number of ketones is 1. The molecule has 1 fully saturated rings. The first kappa shape index (κ1) is 24.4. The number of aliphatic hydroxyl groups excluding tert-OH is 1. The van der Waals surface area contributed by atoms with E-state index < -0.39 is 17.7 Å². The summed E-state index contributed by atoms with van der Waals surface area (Å²) in [6.45, 7) is 6.54. The number of aliphatic hydroxyl groups is 1. The molecule has 1 aromatic carbocycles. The van der Waals surface area contributed by atoms with Gasteiger partial charge in [0.2, 0.25) is 0 Å². The largest absolute Gasteiger partial charge is 0.505 e. The molecule has 1 saturated heterocycles. The van der Waals surface area contributed by atoms with Gasteiger partial charge in [0.25, 0.3) is 11.7 Å². The zero-order valence-electron chi connectivity index (χ0n) is 21.1. The van der Waals surface area contributed by atoms with Crippen molar-refractivity contribution in [3.8, 4) is 5.75 Å². The minimum atomic E-state index is -0.819. The summed E-state index contributed by atoms with van der Waals surface area (Å²) in [5, 5.41) is 11.5. The van der Waals surface area contributed by atoms with Crippen LogP contribution in [-0.4, -0.2) is 37.7 Å². The monoisotopic (exact) mass is 499 g/mol. The molecule has 1 N–H and O–H groups in total. The molecule has 4 heterocycles. The lowest BCUT2D eigenvalue weighted by Crippen LogP contribution is -2.29. The average Bonchev–Trinajstić information content (AvgIpc) is 3.60. The van der Waals surface area contributed by atoms with Crippen LogP contribution in [0.1, 0.15) is 54.1 Å². The van der Waals surface area contributed by atoms with Crippen molar-refractivity contribution < 1.29 is 23.8 Å². The van der Waals surface area contributed by atoms with Crippen LogP contribution in [0.5, 0.6) is 5.75 Å². The molecule has 0 saturated carbocycles. The molecule has 3 aromatic heterocycles. The van der Waals surface area contributed by atoms with Gasteiger partial charge in [-0.15, -0.1) is 0 Å². The topological polar surface area (TPSA) is 97.3 Å². The van der Waals surface area contributed by atoms with Crippen molar-refractivity contribution in [2.24, 2.45) is 0 Å². The number of rotatable bonds is 8. The Bertz CT molecular complexity index is 1480. The first-order valence-corrected chi connectivity index (χ1v) is 12.4. The summed E-state index contributed by atoms with van der Waals surface area (Å²) < 4.78 is 13.1. The Labute approximate surface area is 214 Å². The van der Waals surface area contributed by atoms with Crippen molar-refractivity contribution in [3.63, 3.8) is 0 Å². The second kappa shape index (κ2) is 9.97. The SMILES string of the molecule is CCCCOc1ccc(C2/C(=C(\O)c3nc4c(C)cccn4c3C)C(=O)C(=O)N2Cc2ccco2)cc1. The minimum absolute atomic E-state index is 0.000339. The normalized spacial score (nSPS) is 17.2. The third kappa shape index (κ3) is 4.39. The molecule has 0 radical (unpaired) electrons. The summed E-state index contributed by atoms with van der Waals surface area (Å²) >= 11 is 0. The molecule has 1 atom stereocenters.